The first-order valence-electron chi connectivity index (χ1n) is 7.90. The zero-order valence-electron chi connectivity index (χ0n) is 13.6. The number of unbranched alkanes of at least 4 members (excludes halogenated alkanes) is 1. The van der Waals surface area contributed by atoms with Crippen LogP contribution in [0.25, 0.3) is 6.08 Å². The van der Waals surface area contributed by atoms with Crippen molar-refractivity contribution in [2.75, 3.05) is 18.4 Å². The van der Waals surface area contributed by atoms with Crippen molar-refractivity contribution in [3.8, 4) is 0 Å². The number of aromatic nitrogens is 1. The van der Waals surface area contributed by atoms with Crippen molar-refractivity contribution in [2.45, 2.75) is 19.8 Å². The number of thiazole rings is 1. The number of hydrogen-bond donors (Lipinski definition) is 1. The Labute approximate surface area is 146 Å². The summed E-state index contributed by atoms with van der Waals surface area (Å²) < 4.78 is 0. The van der Waals surface area contributed by atoms with Gasteiger partial charge in [0, 0.05) is 24.2 Å². The zero-order chi connectivity index (χ0) is 17.2. The minimum absolute atomic E-state index is 0.0253. The molecule has 0 aliphatic heterocycles. The van der Waals surface area contributed by atoms with Crippen molar-refractivity contribution in [3.05, 3.63) is 53.5 Å². The smallest absolute Gasteiger partial charge is 0.247 e. The van der Waals surface area contributed by atoms with Gasteiger partial charge >= 0.3 is 0 Å². The Morgan fingerprint density at radius 2 is 2.08 bits per heavy atom. The highest BCUT2D eigenvalue weighted by Gasteiger charge is 2.15. The first-order valence-corrected chi connectivity index (χ1v) is 8.78. The van der Waals surface area contributed by atoms with E-state index >= 15 is 0 Å². The average Bonchev–Trinajstić information content (AvgIpc) is 3.10. The van der Waals surface area contributed by atoms with Crippen LogP contribution in [0.2, 0.25) is 0 Å². The number of carbonyl (C=O) groups is 2. The van der Waals surface area contributed by atoms with Crippen LogP contribution in [0.4, 0.5) is 5.13 Å². The van der Waals surface area contributed by atoms with Gasteiger partial charge in [-0.15, -0.1) is 11.3 Å². The van der Waals surface area contributed by atoms with Crippen molar-refractivity contribution in [1.29, 1.82) is 0 Å². The van der Waals surface area contributed by atoms with Crippen LogP contribution in [-0.4, -0.2) is 34.8 Å². The zero-order valence-corrected chi connectivity index (χ0v) is 14.5. The van der Waals surface area contributed by atoms with Gasteiger partial charge in [0.25, 0.3) is 0 Å². The predicted molar refractivity (Wildman–Crippen MR) is 97.7 cm³/mol. The second-order valence-electron chi connectivity index (χ2n) is 5.24. The van der Waals surface area contributed by atoms with Crippen molar-refractivity contribution in [1.82, 2.24) is 9.88 Å². The monoisotopic (exact) mass is 343 g/mol. The first kappa shape index (κ1) is 17.9. The molecule has 6 heteroatoms. The number of benzene rings is 1. The van der Waals surface area contributed by atoms with E-state index in [0.29, 0.717) is 11.7 Å². The van der Waals surface area contributed by atoms with Crippen molar-refractivity contribution >= 4 is 34.4 Å². The van der Waals surface area contributed by atoms with Crippen molar-refractivity contribution < 1.29 is 9.59 Å². The van der Waals surface area contributed by atoms with Gasteiger partial charge in [-0.2, -0.15) is 0 Å². The summed E-state index contributed by atoms with van der Waals surface area (Å²) in [5, 5.41) is 5.04. The predicted octanol–water partition coefficient (Wildman–Crippen LogP) is 3.42. The molecule has 0 aliphatic rings. The Morgan fingerprint density at radius 1 is 1.29 bits per heavy atom. The van der Waals surface area contributed by atoms with E-state index in [1.54, 1.807) is 22.6 Å². The largest absolute Gasteiger partial charge is 0.330 e. The second-order valence-corrected chi connectivity index (χ2v) is 6.14. The lowest BCUT2D eigenvalue weighted by Gasteiger charge is -2.20. The molecule has 0 saturated heterocycles. The van der Waals surface area contributed by atoms with Crippen LogP contribution >= 0.6 is 11.3 Å². The van der Waals surface area contributed by atoms with Crippen LogP contribution in [0.15, 0.2) is 48.0 Å². The van der Waals surface area contributed by atoms with E-state index in [1.165, 1.54) is 17.4 Å². The number of hydrogen-bond acceptors (Lipinski definition) is 4. The third-order valence-electron chi connectivity index (χ3n) is 3.32. The molecule has 24 heavy (non-hydrogen) atoms. The first-order chi connectivity index (χ1) is 11.7. The number of anilines is 1. The lowest BCUT2D eigenvalue weighted by Crippen LogP contribution is -2.37. The van der Waals surface area contributed by atoms with Crippen LogP contribution in [0, 0.1) is 0 Å². The Hall–Kier alpha value is -2.47. The maximum Gasteiger partial charge on any atom is 0.247 e. The van der Waals surface area contributed by atoms with Crippen LogP contribution in [-0.2, 0) is 9.59 Å². The summed E-state index contributed by atoms with van der Waals surface area (Å²) in [5.74, 6) is -0.399. The van der Waals surface area contributed by atoms with E-state index in [4.69, 9.17) is 0 Å². The molecule has 1 aromatic heterocycles. The Balaban J connectivity index is 1.96. The Kier molecular flexibility index (Phi) is 7.17. The molecule has 2 amide bonds. The highest BCUT2D eigenvalue weighted by atomic mass is 32.1. The standard InChI is InChI=1S/C18H21N3O2S/c1-2-3-12-21(14-16(22)20-18-19-11-13-24-18)17(23)10-9-15-7-5-4-6-8-15/h4-11,13H,2-3,12,14H2,1H3,(H,19,20,22)/b10-9+. The summed E-state index contributed by atoms with van der Waals surface area (Å²) in [5.41, 5.74) is 0.952. The van der Waals surface area contributed by atoms with E-state index < -0.39 is 0 Å². The van der Waals surface area contributed by atoms with Crippen molar-refractivity contribution in [2.24, 2.45) is 0 Å². The van der Waals surface area contributed by atoms with E-state index in [-0.39, 0.29) is 18.4 Å². The topological polar surface area (TPSA) is 62.3 Å². The molecule has 0 unspecified atom stereocenters. The molecule has 2 aromatic rings. The summed E-state index contributed by atoms with van der Waals surface area (Å²) in [6.07, 6.45) is 6.72. The summed E-state index contributed by atoms with van der Waals surface area (Å²) >= 11 is 1.35. The van der Waals surface area contributed by atoms with Gasteiger partial charge < -0.3 is 10.2 Å². The van der Waals surface area contributed by atoms with Gasteiger partial charge in [0.05, 0.1) is 0 Å². The highest BCUT2D eigenvalue weighted by molar-refractivity contribution is 7.13. The van der Waals surface area contributed by atoms with Gasteiger partial charge in [-0.05, 0) is 18.1 Å². The molecule has 0 radical (unpaired) electrons. The van der Waals surface area contributed by atoms with E-state index in [9.17, 15) is 9.59 Å². The molecule has 0 aliphatic carbocycles. The lowest BCUT2D eigenvalue weighted by atomic mass is 10.2. The van der Waals surface area contributed by atoms with Crippen LogP contribution in [0.1, 0.15) is 25.3 Å². The summed E-state index contributed by atoms with van der Waals surface area (Å²) in [6, 6.07) is 9.61. The van der Waals surface area contributed by atoms with Gasteiger partial charge in [-0.25, -0.2) is 4.98 Å². The fourth-order valence-corrected chi connectivity index (χ4v) is 2.62. The molecule has 1 N–H and O–H groups in total. The molecule has 1 heterocycles. The molecule has 2 rings (SSSR count). The van der Waals surface area contributed by atoms with Crippen molar-refractivity contribution in [3.63, 3.8) is 0 Å². The molecule has 1 aromatic carbocycles. The van der Waals surface area contributed by atoms with Gasteiger partial charge in [-0.3, -0.25) is 9.59 Å². The third kappa shape index (κ3) is 5.96. The fraction of sp³-hybridized carbons (Fsp3) is 0.278. The minimum atomic E-state index is -0.234. The summed E-state index contributed by atoms with van der Waals surface area (Å²) in [6.45, 7) is 2.63. The van der Waals surface area contributed by atoms with E-state index in [0.717, 1.165) is 18.4 Å². The highest BCUT2D eigenvalue weighted by Crippen LogP contribution is 2.10. The fourth-order valence-electron chi connectivity index (χ4n) is 2.07. The average molecular weight is 343 g/mol. The normalized spacial score (nSPS) is 10.7. The van der Waals surface area contributed by atoms with Crippen LogP contribution in [0.3, 0.4) is 0 Å². The quantitative estimate of drug-likeness (QED) is 0.747. The maximum absolute atomic E-state index is 12.4. The summed E-state index contributed by atoms with van der Waals surface area (Å²) in [7, 11) is 0. The molecule has 0 fully saturated rings. The van der Waals surface area contributed by atoms with E-state index in [2.05, 4.69) is 17.2 Å². The van der Waals surface area contributed by atoms with E-state index in [1.807, 2.05) is 30.3 Å². The minimum Gasteiger partial charge on any atom is -0.330 e. The van der Waals surface area contributed by atoms with Gasteiger partial charge in [0.2, 0.25) is 11.8 Å². The molecule has 5 nitrogen and oxygen atoms in total. The Bertz CT molecular complexity index is 669. The van der Waals surface area contributed by atoms with Crippen LogP contribution < -0.4 is 5.32 Å². The molecule has 126 valence electrons. The van der Waals surface area contributed by atoms with Gasteiger partial charge in [0.1, 0.15) is 6.54 Å². The number of nitrogens with one attached hydrogen (secondary N) is 1. The number of carbonyl (C=O) groups excluding carboxylic acids is 2. The number of rotatable bonds is 8. The lowest BCUT2D eigenvalue weighted by molar-refractivity contribution is -0.130. The summed E-state index contributed by atoms with van der Waals surface area (Å²) in [4.78, 5) is 30.1. The molecule has 0 saturated carbocycles. The third-order valence-corrected chi connectivity index (χ3v) is 4.01. The SMILES string of the molecule is CCCCN(CC(=O)Nc1nccs1)C(=O)/C=C/c1ccccc1. The van der Waals surface area contributed by atoms with Crippen LogP contribution in [0.5, 0.6) is 0 Å². The number of amides is 2. The van der Waals surface area contributed by atoms with Gasteiger partial charge in [-0.1, -0.05) is 43.7 Å². The second kappa shape index (κ2) is 9.62. The molecule has 0 atom stereocenters. The maximum atomic E-state index is 12.4. The Morgan fingerprint density at radius 3 is 2.75 bits per heavy atom. The molecular formula is C18H21N3O2S. The number of nitrogens with zero attached hydrogens (tertiary/aromatic N) is 2. The molecular weight excluding hydrogens is 322 g/mol. The molecule has 0 bridgehead atoms. The molecule has 0 spiro atoms. The van der Waals surface area contributed by atoms with Gasteiger partial charge in [0.15, 0.2) is 5.13 Å².